The Bertz CT molecular complexity index is 397. The lowest BCUT2D eigenvalue weighted by molar-refractivity contribution is 0.0606. The summed E-state index contributed by atoms with van der Waals surface area (Å²) in [6.45, 7) is 4.31. The molecular weight excluding hydrogens is 210 g/mol. The van der Waals surface area contributed by atoms with E-state index < -0.39 is 0 Å². The summed E-state index contributed by atoms with van der Waals surface area (Å²) >= 11 is 1.49. The molecule has 1 aliphatic rings. The Kier molecular flexibility index (Phi) is 2.35. The maximum Gasteiger partial charge on any atom is 0.348 e. The molecule has 82 valence electrons. The Morgan fingerprint density at radius 3 is 2.60 bits per heavy atom. The molecule has 0 spiro atoms. The Labute approximate surface area is 93.2 Å². The van der Waals surface area contributed by atoms with Gasteiger partial charge in [-0.1, -0.05) is 13.8 Å². The van der Waals surface area contributed by atoms with Gasteiger partial charge in [-0.05, 0) is 17.5 Å². The average molecular weight is 225 g/mol. The number of carbonyl (C=O) groups is 1. The summed E-state index contributed by atoms with van der Waals surface area (Å²) in [7, 11) is 1.40. The smallest absolute Gasteiger partial charge is 0.348 e. The zero-order valence-corrected chi connectivity index (χ0v) is 9.93. The van der Waals surface area contributed by atoms with Crippen LogP contribution in [-0.2, 0) is 4.74 Å². The quantitative estimate of drug-likeness (QED) is 0.783. The molecular formula is C11H15NO2S. The molecule has 1 fully saturated rings. The first-order chi connectivity index (χ1) is 6.98. The van der Waals surface area contributed by atoms with Crippen molar-refractivity contribution in [3.63, 3.8) is 0 Å². The number of esters is 1. The fourth-order valence-corrected chi connectivity index (χ4v) is 3.22. The van der Waals surface area contributed by atoms with E-state index in [1.165, 1.54) is 23.3 Å². The highest BCUT2D eigenvalue weighted by atomic mass is 32.1. The number of rotatable bonds is 2. The average Bonchev–Trinajstić information content (AvgIpc) is 2.58. The molecule has 0 unspecified atom stereocenters. The minimum absolute atomic E-state index is 0.165. The molecule has 15 heavy (non-hydrogen) atoms. The first-order valence-corrected chi connectivity index (χ1v) is 5.73. The van der Waals surface area contributed by atoms with E-state index in [2.05, 4.69) is 18.6 Å². The van der Waals surface area contributed by atoms with Crippen LogP contribution in [0.3, 0.4) is 0 Å². The lowest BCUT2D eigenvalue weighted by Gasteiger charge is -1.98. The fourth-order valence-electron chi connectivity index (χ4n) is 1.95. The fraction of sp³-hybridized carbons (Fsp3) is 0.545. The third-order valence-electron chi connectivity index (χ3n) is 3.23. The molecule has 0 amide bonds. The summed E-state index contributed by atoms with van der Waals surface area (Å²) in [6, 6.07) is 4.00. The highest BCUT2D eigenvalue weighted by Crippen LogP contribution is 2.58. The standard InChI is InChI=1S/C11H15NO2S/c1-11(2)8(9(11)12)6-4-5-7(15-6)10(13)14-3/h4-5,8-9H,12H2,1-3H3/t8-,9-/m1/s1. The molecule has 0 bridgehead atoms. The topological polar surface area (TPSA) is 52.3 Å². The maximum atomic E-state index is 11.3. The van der Waals surface area contributed by atoms with Crippen molar-refractivity contribution >= 4 is 17.3 Å². The highest BCUT2D eigenvalue weighted by molar-refractivity contribution is 7.14. The maximum absolute atomic E-state index is 11.3. The number of ether oxygens (including phenoxy) is 1. The second kappa shape index (κ2) is 3.32. The van der Waals surface area contributed by atoms with Gasteiger partial charge in [0, 0.05) is 16.8 Å². The summed E-state index contributed by atoms with van der Waals surface area (Å²) < 4.78 is 4.67. The molecule has 0 aliphatic heterocycles. The normalized spacial score (nSPS) is 27.5. The molecule has 1 aliphatic carbocycles. The van der Waals surface area contributed by atoms with E-state index in [0.29, 0.717) is 10.8 Å². The molecule has 2 atom stereocenters. The second-order valence-corrected chi connectivity index (χ2v) is 5.63. The van der Waals surface area contributed by atoms with E-state index in [0.717, 1.165) is 0 Å². The largest absolute Gasteiger partial charge is 0.465 e. The highest BCUT2D eigenvalue weighted by Gasteiger charge is 2.56. The van der Waals surface area contributed by atoms with Crippen LogP contribution in [0.15, 0.2) is 12.1 Å². The number of nitrogens with two attached hydrogens (primary N) is 1. The SMILES string of the molecule is COC(=O)c1ccc([C@@H]2[C@@H](N)C2(C)C)s1. The van der Waals surface area contributed by atoms with E-state index in [-0.39, 0.29) is 17.4 Å². The summed E-state index contributed by atoms with van der Waals surface area (Å²) in [5.74, 6) is 0.124. The summed E-state index contributed by atoms with van der Waals surface area (Å²) in [5, 5.41) is 0. The van der Waals surface area contributed by atoms with Crippen molar-refractivity contribution < 1.29 is 9.53 Å². The Balaban J connectivity index is 2.19. The van der Waals surface area contributed by atoms with Crippen LogP contribution in [0.5, 0.6) is 0 Å². The van der Waals surface area contributed by atoms with Crippen LogP contribution in [0.2, 0.25) is 0 Å². The third kappa shape index (κ3) is 1.58. The Hall–Kier alpha value is -0.870. The molecule has 1 heterocycles. The minimum Gasteiger partial charge on any atom is -0.465 e. The van der Waals surface area contributed by atoms with Gasteiger partial charge >= 0.3 is 5.97 Å². The molecule has 0 radical (unpaired) electrons. The van der Waals surface area contributed by atoms with Crippen LogP contribution >= 0.6 is 11.3 Å². The van der Waals surface area contributed by atoms with Gasteiger partial charge in [0.05, 0.1) is 7.11 Å². The van der Waals surface area contributed by atoms with Crippen molar-refractivity contribution in [3.05, 3.63) is 21.9 Å². The first-order valence-electron chi connectivity index (χ1n) is 4.92. The van der Waals surface area contributed by atoms with E-state index in [1.807, 2.05) is 12.1 Å². The van der Waals surface area contributed by atoms with Crippen LogP contribution in [0.1, 0.15) is 34.3 Å². The van der Waals surface area contributed by atoms with Gasteiger partial charge in [0.25, 0.3) is 0 Å². The zero-order valence-electron chi connectivity index (χ0n) is 9.11. The van der Waals surface area contributed by atoms with Gasteiger partial charge in [-0.3, -0.25) is 0 Å². The summed E-state index contributed by atoms with van der Waals surface area (Å²) in [4.78, 5) is 13.1. The number of thiophene rings is 1. The Morgan fingerprint density at radius 2 is 2.13 bits per heavy atom. The van der Waals surface area contributed by atoms with Crippen molar-refractivity contribution in [2.45, 2.75) is 25.8 Å². The van der Waals surface area contributed by atoms with Crippen LogP contribution in [0.25, 0.3) is 0 Å². The Morgan fingerprint density at radius 1 is 1.53 bits per heavy atom. The predicted octanol–water partition coefficient (Wildman–Crippen LogP) is 1.99. The lowest BCUT2D eigenvalue weighted by Crippen LogP contribution is -2.06. The molecule has 1 aromatic heterocycles. The predicted molar refractivity (Wildman–Crippen MR) is 60.2 cm³/mol. The van der Waals surface area contributed by atoms with Crippen LogP contribution in [0, 0.1) is 5.41 Å². The van der Waals surface area contributed by atoms with Crippen LogP contribution < -0.4 is 5.73 Å². The van der Waals surface area contributed by atoms with Crippen molar-refractivity contribution in [1.82, 2.24) is 0 Å². The first kappa shape index (κ1) is 10.6. The van der Waals surface area contributed by atoms with Gasteiger partial charge in [-0.25, -0.2) is 4.79 Å². The third-order valence-corrected chi connectivity index (χ3v) is 4.38. The monoisotopic (exact) mass is 225 g/mol. The molecule has 0 saturated heterocycles. The van der Waals surface area contributed by atoms with Gasteiger partial charge in [-0.15, -0.1) is 11.3 Å². The van der Waals surface area contributed by atoms with Crippen LogP contribution in [-0.4, -0.2) is 19.1 Å². The molecule has 1 aromatic rings. The van der Waals surface area contributed by atoms with Gasteiger partial charge in [0.15, 0.2) is 0 Å². The lowest BCUT2D eigenvalue weighted by atomic mass is 10.1. The number of carbonyl (C=O) groups excluding carboxylic acids is 1. The van der Waals surface area contributed by atoms with E-state index >= 15 is 0 Å². The molecule has 1 saturated carbocycles. The number of hydrogen-bond acceptors (Lipinski definition) is 4. The molecule has 2 rings (SSSR count). The van der Waals surface area contributed by atoms with E-state index in [9.17, 15) is 4.79 Å². The van der Waals surface area contributed by atoms with Crippen LogP contribution in [0.4, 0.5) is 0 Å². The molecule has 3 nitrogen and oxygen atoms in total. The number of methoxy groups -OCH3 is 1. The molecule has 2 N–H and O–H groups in total. The van der Waals surface area contributed by atoms with E-state index in [4.69, 9.17) is 5.73 Å². The van der Waals surface area contributed by atoms with Gasteiger partial charge in [0.2, 0.25) is 0 Å². The van der Waals surface area contributed by atoms with Crippen molar-refractivity contribution in [2.75, 3.05) is 7.11 Å². The van der Waals surface area contributed by atoms with Gasteiger partial charge in [-0.2, -0.15) is 0 Å². The number of hydrogen-bond donors (Lipinski definition) is 1. The summed E-state index contributed by atoms with van der Waals surface area (Å²) in [6.07, 6.45) is 0. The minimum atomic E-state index is -0.265. The van der Waals surface area contributed by atoms with Gasteiger partial charge in [0.1, 0.15) is 4.88 Å². The van der Waals surface area contributed by atoms with Crippen molar-refractivity contribution in [2.24, 2.45) is 11.1 Å². The van der Waals surface area contributed by atoms with Crippen molar-refractivity contribution in [3.8, 4) is 0 Å². The second-order valence-electron chi connectivity index (χ2n) is 4.52. The molecule has 0 aromatic carbocycles. The van der Waals surface area contributed by atoms with E-state index in [1.54, 1.807) is 0 Å². The molecule has 4 heteroatoms. The van der Waals surface area contributed by atoms with Crippen molar-refractivity contribution in [1.29, 1.82) is 0 Å². The zero-order chi connectivity index (χ0) is 11.2. The van der Waals surface area contributed by atoms with Gasteiger partial charge < -0.3 is 10.5 Å². The summed E-state index contributed by atoms with van der Waals surface area (Å²) in [5.41, 5.74) is 6.15.